The van der Waals surface area contributed by atoms with E-state index in [9.17, 15) is 0 Å². The lowest BCUT2D eigenvalue weighted by Crippen LogP contribution is -1.91. The van der Waals surface area contributed by atoms with Crippen molar-refractivity contribution in [1.29, 1.82) is 10.5 Å². The van der Waals surface area contributed by atoms with Gasteiger partial charge in [0.1, 0.15) is 0 Å². The zero-order valence-electron chi connectivity index (χ0n) is 5.17. The number of nitriles is 2. The number of hydrogen-bond acceptors (Lipinski definition) is 2. The van der Waals surface area contributed by atoms with Crippen molar-refractivity contribution in [2.24, 2.45) is 5.92 Å². The van der Waals surface area contributed by atoms with Crippen molar-refractivity contribution in [1.82, 2.24) is 0 Å². The van der Waals surface area contributed by atoms with Gasteiger partial charge >= 0.3 is 0 Å². The van der Waals surface area contributed by atoms with Crippen LogP contribution in [-0.4, -0.2) is 0 Å². The Balaban J connectivity index is 3.60. The predicted molar refractivity (Wildman–Crippen MR) is 34.1 cm³/mol. The summed E-state index contributed by atoms with van der Waals surface area (Å²) in [5.74, 6) is -0.160. The molecule has 0 bridgehead atoms. The minimum Gasteiger partial charge on any atom is -0.198 e. The van der Waals surface area contributed by atoms with Crippen LogP contribution in [0.4, 0.5) is 0 Å². The van der Waals surface area contributed by atoms with E-state index in [1.807, 2.05) is 12.1 Å². The molecule has 0 saturated heterocycles. The molecule has 2 nitrogen and oxygen atoms in total. The Morgan fingerprint density at radius 2 is 2.22 bits per heavy atom. The van der Waals surface area contributed by atoms with Gasteiger partial charge in [-0.05, 0) is 6.42 Å². The van der Waals surface area contributed by atoms with Crippen LogP contribution in [0.15, 0.2) is 12.7 Å². The van der Waals surface area contributed by atoms with E-state index in [2.05, 4.69) is 6.58 Å². The van der Waals surface area contributed by atoms with E-state index >= 15 is 0 Å². The van der Waals surface area contributed by atoms with E-state index in [0.717, 1.165) is 0 Å². The third-order valence-corrected chi connectivity index (χ3v) is 0.971. The zero-order chi connectivity index (χ0) is 7.11. The average Bonchev–Trinajstić information content (AvgIpc) is 1.88. The van der Waals surface area contributed by atoms with Gasteiger partial charge in [-0.15, -0.1) is 6.58 Å². The molecule has 0 heterocycles. The molecule has 0 N–H and O–H groups in total. The Bertz CT molecular complexity index is 159. The van der Waals surface area contributed by atoms with E-state index in [1.165, 1.54) is 0 Å². The van der Waals surface area contributed by atoms with E-state index in [4.69, 9.17) is 10.5 Å². The van der Waals surface area contributed by atoms with Crippen LogP contribution in [0.1, 0.15) is 12.8 Å². The second-order valence-corrected chi connectivity index (χ2v) is 1.71. The van der Waals surface area contributed by atoms with Gasteiger partial charge in [-0.25, -0.2) is 0 Å². The molecule has 0 spiro atoms. The first-order valence-electron chi connectivity index (χ1n) is 2.72. The molecule has 0 aliphatic heterocycles. The van der Waals surface area contributed by atoms with Crippen molar-refractivity contribution in [3.8, 4) is 12.1 Å². The monoisotopic (exact) mass is 120 g/mol. The molecule has 0 saturated carbocycles. The summed E-state index contributed by atoms with van der Waals surface area (Å²) in [7, 11) is 0. The highest BCUT2D eigenvalue weighted by molar-refractivity contribution is 4.93. The molecule has 0 amide bonds. The van der Waals surface area contributed by atoms with Crippen LogP contribution in [0.3, 0.4) is 0 Å². The topological polar surface area (TPSA) is 47.6 Å². The Morgan fingerprint density at radius 3 is 2.56 bits per heavy atom. The molecular weight excluding hydrogens is 112 g/mol. The maximum atomic E-state index is 8.34. The Kier molecular flexibility index (Phi) is 4.18. The lowest BCUT2D eigenvalue weighted by molar-refractivity contribution is 0.698. The molecule has 9 heavy (non-hydrogen) atoms. The third-order valence-electron chi connectivity index (χ3n) is 0.971. The highest BCUT2D eigenvalue weighted by atomic mass is 14.3. The molecular formula is C7H8N2. The highest BCUT2D eigenvalue weighted by Gasteiger charge is 2.01. The van der Waals surface area contributed by atoms with E-state index < -0.39 is 0 Å². The molecule has 0 aromatic rings. The van der Waals surface area contributed by atoms with Crippen LogP contribution in [0, 0.1) is 28.6 Å². The van der Waals surface area contributed by atoms with Gasteiger partial charge < -0.3 is 0 Å². The summed E-state index contributed by atoms with van der Waals surface area (Å²) in [6, 6.07) is 3.94. The van der Waals surface area contributed by atoms with Gasteiger partial charge in [0.2, 0.25) is 0 Å². The SMILES string of the molecule is C=CCC(C#N)CC#N. The van der Waals surface area contributed by atoms with Gasteiger partial charge in [0.05, 0.1) is 24.5 Å². The molecule has 0 aromatic carbocycles. The number of nitrogens with zero attached hydrogens (tertiary/aromatic N) is 2. The second kappa shape index (κ2) is 4.87. The summed E-state index contributed by atoms with van der Waals surface area (Å²) in [6.07, 6.45) is 2.58. The van der Waals surface area contributed by atoms with Gasteiger partial charge in [0.25, 0.3) is 0 Å². The molecule has 1 atom stereocenters. The third kappa shape index (κ3) is 3.32. The fourth-order valence-corrected chi connectivity index (χ4v) is 0.493. The van der Waals surface area contributed by atoms with E-state index in [1.54, 1.807) is 6.08 Å². The minimum atomic E-state index is -0.160. The fraction of sp³-hybridized carbons (Fsp3) is 0.429. The Morgan fingerprint density at radius 1 is 1.56 bits per heavy atom. The first-order chi connectivity index (χ1) is 4.35. The maximum Gasteiger partial charge on any atom is 0.0669 e. The summed E-state index contributed by atoms with van der Waals surface area (Å²) in [6.45, 7) is 3.47. The summed E-state index contributed by atoms with van der Waals surface area (Å²) < 4.78 is 0. The zero-order valence-corrected chi connectivity index (χ0v) is 5.17. The molecule has 46 valence electrons. The van der Waals surface area contributed by atoms with Crippen LogP contribution in [0.2, 0.25) is 0 Å². The van der Waals surface area contributed by atoms with Gasteiger partial charge in [-0.2, -0.15) is 10.5 Å². The number of hydrogen-bond donors (Lipinski definition) is 0. The molecule has 0 aliphatic rings. The quantitative estimate of drug-likeness (QED) is 0.531. The standard InChI is InChI=1S/C7H8N2/c1-2-3-7(6-9)4-5-8/h2,7H,1,3-4H2. The van der Waals surface area contributed by atoms with Crippen LogP contribution in [0.5, 0.6) is 0 Å². The molecule has 1 unspecified atom stereocenters. The molecule has 2 heteroatoms. The summed E-state index contributed by atoms with van der Waals surface area (Å²) >= 11 is 0. The molecule has 0 aliphatic carbocycles. The van der Waals surface area contributed by atoms with Crippen molar-refractivity contribution in [3.05, 3.63) is 12.7 Å². The van der Waals surface area contributed by atoms with Crippen molar-refractivity contribution in [2.45, 2.75) is 12.8 Å². The van der Waals surface area contributed by atoms with Crippen LogP contribution in [0.25, 0.3) is 0 Å². The lowest BCUT2D eigenvalue weighted by atomic mass is 10.1. The summed E-state index contributed by atoms with van der Waals surface area (Å²) in [5.41, 5.74) is 0. The molecule has 0 aromatic heterocycles. The highest BCUT2D eigenvalue weighted by Crippen LogP contribution is 2.05. The van der Waals surface area contributed by atoms with Crippen molar-refractivity contribution in [3.63, 3.8) is 0 Å². The summed E-state index contributed by atoms with van der Waals surface area (Å²) in [5, 5.41) is 16.5. The van der Waals surface area contributed by atoms with Crippen LogP contribution >= 0.6 is 0 Å². The minimum absolute atomic E-state index is 0.160. The van der Waals surface area contributed by atoms with Crippen LogP contribution < -0.4 is 0 Å². The second-order valence-electron chi connectivity index (χ2n) is 1.71. The van der Waals surface area contributed by atoms with Crippen molar-refractivity contribution >= 4 is 0 Å². The van der Waals surface area contributed by atoms with Gasteiger partial charge in [-0.1, -0.05) is 6.08 Å². The van der Waals surface area contributed by atoms with Crippen LogP contribution in [-0.2, 0) is 0 Å². The molecule has 0 fully saturated rings. The first kappa shape index (κ1) is 7.72. The average molecular weight is 120 g/mol. The van der Waals surface area contributed by atoms with Crippen molar-refractivity contribution in [2.75, 3.05) is 0 Å². The molecule has 0 rings (SSSR count). The van der Waals surface area contributed by atoms with Gasteiger partial charge in [-0.3, -0.25) is 0 Å². The Hall–Kier alpha value is -1.28. The Labute approximate surface area is 55.0 Å². The lowest BCUT2D eigenvalue weighted by Gasteiger charge is -1.95. The number of allylic oxidation sites excluding steroid dienone is 1. The van der Waals surface area contributed by atoms with E-state index in [-0.39, 0.29) is 5.92 Å². The predicted octanol–water partition coefficient (Wildman–Crippen LogP) is 1.62. The smallest absolute Gasteiger partial charge is 0.0669 e. The molecule has 0 radical (unpaired) electrons. The van der Waals surface area contributed by atoms with Gasteiger partial charge in [0.15, 0.2) is 0 Å². The van der Waals surface area contributed by atoms with Gasteiger partial charge in [0, 0.05) is 0 Å². The largest absolute Gasteiger partial charge is 0.198 e. The fourth-order valence-electron chi connectivity index (χ4n) is 0.493. The maximum absolute atomic E-state index is 8.34. The normalized spacial score (nSPS) is 10.9. The van der Waals surface area contributed by atoms with E-state index in [0.29, 0.717) is 12.8 Å². The number of rotatable bonds is 3. The summed E-state index contributed by atoms with van der Waals surface area (Å²) in [4.78, 5) is 0. The first-order valence-corrected chi connectivity index (χ1v) is 2.72. The van der Waals surface area contributed by atoms with Crippen molar-refractivity contribution < 1.29 is 0 Å².